The van der Waals surface area contributed by atoms with Crippen LogP contribution in [-0.4, -0.2) is 5.78 Å². The van der Waals surface area contributed by atoms with Crippen molar-refractivity contribution in [2.75, 3.05) is 0 Å². The lowest BCUT2D eigenvalue weighted by Gasteiger charge is -2.28. The molecule has 0 aromatic carbocycles. The first kappa shape index (κ1) is 12.2. The molecule has 0 aliphatic heterocycles. The van der Waals surface area contributed by atoms with Gasteiger partial charge in [0.2, 0.25) is 0 Å². The van der Waals surface area contributed by atoms with Crippen LogP contribution < -0.4 is 0 Å². The van der Waals surface area contributed by atoms with Gasteiger partial charge in [-0.05, 0) is 25.2 Å². The van der Waals surface area contributed by atoms with E-state index in [4.69, 9.17) is 5.26 Å². The molecular formula is C13H21NO. The molecule has 0 saturated heterocycles. The smallest absolute Gasteiger partial charge is 0.150 e. The molecule has 0 bridgehead atoms. The van der Waals surface area contributed by atoms with Crippen LogP contribution in [0.4, 0.5) is 0 Å². The Morgan fingerprint density at radius 1 is 1.40 bits per heavy atom. The van der Waals surface area contributed by atoms with E-state index in [-0.39, 0.29) is 18.1 Å². The van der Waals surface area contributed by atoms with Gasteiger partial charge in [-0.3, -0.25) is 4.79 Å². The second-order valence-electron chi connectivity index (χ2n) is 4.59. The van der Waals surface area contributed by atoms with E-state index in [2.05, 4.69) is 6.92 Å². The van der Waals surface area contributed by atoms with Gasteiger partial charge in [-0.25, -0.2) is 0 Å². The zero-order chi connectivity index (χ0) is 11.1. The van der Waals surface area contributed by atoms with Crippen LogP contribution in [0.5, 0.6) is 0 Å². The highest BCUT2D eigenvalue weighted by molar-refractivity contribution is 5.83. The lowest BCUT2D eigenvalue weighted by molar-refractivity contribution is -0.124. The molecule has 0 aromatic rings. The summed E-state index contributed by atoms with van der Waals surface area (Å²) in [5.41, 5.74) is 0. The van der Waals surface area contributed by atoms with E-state index in [1.54, 1.807) is 0 Å². The molecule has 1 aliphatic rings. The van der Waals surface area contributed by atoms with Crippen molar-refractivity contribution in [3.8, 4) is 6.07 Å². The molecule has 0 spiro atoms. The van der Waals surface area contributed by atoms with Crippen LogP contribution in [0.3, 0.4) is 0 Å². The number of rotatable bonds is 5. The van der Waals surface area contributed by atoms with Crippen molar-refractivity contribution in [2.24, 2.45) is 11.8 Å². The monoisotopic (exact) mass is 207 g/mol. The Morgan fingerprint density at radius 2 is 2.07 bits per heavy atom. The van der Waals surface area contributed by atoms with Crippen molar-refractivity contribution in [3.63, 3.8) is 0 Å². The van der Waals surface area contributed by atoms with Crippen molar-refractivity contribution in [1.82, 2.24) is 0 Å². The van der Waals surface area contributed by atoms with E-state index in [1.807, 2.05) is 6.07 Å². The van der Waals surface area contributed by atoms with Gasteiger partial charge in [-0.2, -0.15) is 5.26 Å². The van der Waals surface area contributed by atoms with Crippen LogP contribution >= 0.6 is 0 Å². The zero-order valence-corrected chi connectivity index (χ0v) is 9.67. The molecule has 0 radical (unpaired) electrons. The molecule has 1 rings (SSSR count). The maximum atomic E-state index is 11.8. The molecule has 1 aliphatic carbocycles. The molecule has 84 valence electrons. The maximum Gasteiger partial charge on any atom is 0.150 e. The molecule has 1 fully saturated rings. The minimum absolute atomic E-state index is 0.112. The third-order valence-electron chi connectivity index (χ3n) is 3.49. The third kappa shape index (κ3) is 3.66. The van der Waals surface area contributed by atoms with Gasteiger partial charge in [-0.15, -0.1) is 0 Å². The summed E-state index contributed by atoms with van der Waals surface area (Å²) in [5, 5.41) is 8.58. The number of ketones is 1. The fourth-order valence-electron chi connectivity index (χ4n) is 2.72. The lowest BCUT2D eigenvalue weighted by atomic mass is 9.75. The number of nitriles is 1. The highest BCUT2D eigenvalue weighted by Gasteiger charge is 2.27. The molecular weight excluding hydrogens is 186 g/mol. The summed E-state index contributed by atoms with van der Waals surface area (Å²) in [6.45, 7) is 2.12. The Hall–Kier alpha value is -0.840. The normalized spacial score (nSPS) is 19.5. The molecule has 1 saturated carbocycles. The van der Waals surface area contributed by atoms with Gasteiger partial charge in [0.05, 0.1) is 12.5 Å². The molecule has 0 aromatic heterocycles. The van der Waals surface area contributed by atoms with Crippen molar-refractivity contribution in [2.45, 2.75) is 58.3 Å². The highest BCUT2D eigenvalue weighted by Crippen LogP contribution is 2.33. The Labute approximate surface area is 92.7 Å². The largest absolute Gasteiger partial charge is 0.298 e. The second kappa shape index (κ2) is 6.61. The van der Waals surface area contributed by atoms with Gasteiger partial charge in [0.15, 0.2) is 0 Å². The van der Waals surface area contributed by atoms with Crippen LogP contribution in [0.1, 0.15) is 58.3 Å². The first-order valence-corrected chi connectivity index (χ1v) is 6.19. The number of Topliss-reactive ketones (excluding diaryl/α,β-unsaturated/α-hetero) is 1. The summed E-state index contributed by atoms with van der Waals surface area (Å²) in [4.78, 5) is 11.8. The van der Waals surface area contributed by atoms with Crippen molar-refractivity contribution < 1.29 is 4.79 Å². The quantitative estimate of drug-likeness (QED) is 0.692. The number of hydrogen-bond acceptors (Lipinski definition) is 2. The summed E-state index contributed by atoms with van der Waals surface area (Å²) >= 11 is 0. The number of carbonyl (C=O) groups excluding carboxylic acids is 1. The van der Waals surface area contributed by atoms with Crippen LogP contribution in [0, 0.1) is 23.2 Å². The summed E-state index contributed by atoms with van der Waals surface area (Å²) in [7, 11) is 0. The van der Waals surface area contributed by atoms with Crippen LogP contribution in [0.25, 0.3) is 0 Å². The van der Waals surface area contributed by atoms with Crippen LogP contribution in [0.2, 0.25) is 0 Å². The number of carbonyl (C=O) groups is 1. The first-order chi connectivity index (χ1) is 7.29. The fraction of sp³-hybridized carbons (Fsp3) is 0.846. The van der Waals surface area contributed by atoms with E-state index >= 15 is 0 Å². The first-order valence-electron chi connectivity index (χ1n) is 6.19. The van der Waals surface area contributed by atoms with E-state index in [9.17, 15) is 4.79 Å². The number of hydrogen-bond donors (Lipinski definition) is 0. The van der Waals surface area contributed by atoms with E-state index in [0.717, 1.165) is 12.8 Å². The van der Waals surface area contributed by atoms with Gasteiger partial charge in [-0.1, -0.05) is 32.6 Å². The molecule has 1 atom stereocenters. The zero-order valence-electron chi connectivity index (χ0n) is 9.67. The van der Waals surface area contributed by atoms with Crippen molar-refractivity contribution >= 4 is 5.78 Å². The SMILES string of the molecule is CCCC(C(=O)CC#N)C1CCCCC1. The van der Waals surface area contributed by atoms with Gasteiger partial charge < -0.3 is 0 Å². The molecule has 0 heterocycles. The maximum absolute atomic E-state index is 11.8. The van der Waals surface area contributed by atoms with E-state index in [0.29, 0.717) is 5.92 Å². The highest BCUT2D eigenvalue weighted by atomic mass is 16.1. The summed E-state index contributed by atoms with van der Waals surface area (Å²) in [6.07, 6.45) is 8.39. The van der Waals surface area contributed by atoms with Gasteiger partial charge in [0.25, 0.3) is 0 Å². The molecule has 2 nitrogen and oxygen atoms in total. The fourth-order valence-corrected chi connectivity index (χ4v) is 2.72. The van der Waals surface area contributed by atoms with Gasteiger partial charge in [0.1, 0.15) is 5.78 Å². The number of nitrogens with zero attached hydrogens (tertiary/aromatic N) is 1. The summed E-state index contributed by atoms with van der Waals surface area (Å²) in [6, 6.07) is 2.00. The standard InChI is InChI=1S/C13H21NO/c1-2-6-12(13(15)9-10-14)11-7-4-3-5-8-11/h11-12H,2-9H2,1H3. The van der Waals surface area contributed by atoms with E-state index in [1.165, 1.54) is 32.1 Å². The van der Waals surface area contributed by atoms with Crippen molar-refractivity contribution in [3.05, 3.63) is 0 Å². The predicted molar refractivity (Wildman–Crippen MR) is 60.2 cm³/mol. The minimum Gasteiger partial charge on any atom is -0.298 e. The predicted octanol–water partition coefficient (Wildman–Crippen LogP) is 3.47. The average Bonchev–Trinajstić information content (AvgIpc) is 2.27. The second-order valence-corrected chi connectivity index (χ2v) is 4.59. The summed E-state index contributed by atoms with van der Waals surface area (Å²) < 4.78 is 0. The van der Waals surface area contributed by atoms with Gasteiger partial charge >= 0.3 is 0 Å². The van der Waals surface area contributed by atoms with E-state index < -0.39 is 0 Å². The Kier molecular flexibility index (Phi) is 5.39. The van der Waals surface area contributed by atoms with Crippen molar-refractivity contribution in [1.29, 1.82) is 5.26 Å². The Morgan fingerprint density at radius 3 is 2.60 bits per heavy atom. The molecule has 15 heavy (non-hydrogen) atoms. The topological polar surface area (TPSA) is 40.9 Å². The summed E-state index contributed by atoms with van der Waals surface area (Å²) in [5.74, 6) is 0.931. The Balaban J connectivity index is 2.55. The molecule has 0 amide bonds. The minimum atomic E-state index is 0.112. The van der Waals surface area contributed by atoms with Crippen LogP contribution in [-0.2, 0) is 4.79 Å². The Bertz CT molecular complexity index is 235. The van der Waals surface area contributed by atoms with Crippen LogP contribution in [0.15, 0.2) is 0 Å². The lowest BCUT2D eigenvalue weighted by Crippen LogP contribution is -2.25. The molecule has 2 heteroatoms. The molecule has 1 unspecified atom stereocenters. The molecule has 0 N–H and O–H groups in total. The third-order valence-corrected chi connectivity index (χ3v) is 3.49. The van der Waals surface area contributed by atoms with Gasteiger partial charge in [0, 0.05) is 5.92 Å². The average molecular weight is 207 g/mol.